The molecular weight excluding hydrogens is 456 g/mol. The molecule has 0 aromatic carbocycles. The molecule has 0 aliphatic carbocycles. The Balaban J connectivity index is 5.41. The van der Waals surface area contributed by atoms with Gasteiger partial charge in [-0.2, -0.15) is 11.8 Å². The van der Waals surface area contributed by atoms with Crippen molar-refractivity contribution in [2.45, 2.75) is 76.7 Å². The van der Waals surface area contributed by atoms with Gasteiger partial charge in [-0.3, -0.25) is 19.2 Å². The summed E-state index contributed by atoms with van der Waals surface area (Å²) < 4.78 is 0. The fourth-order valence-electron chi connectivity index (χ4n) is 2.73. The number of carbonyl (C=O) groups excluding carboxylic acids is 3. The van der Waals surface area contributed by atoms with Crippen LogP contribution >= 0.6 is 11.8 Å². The van der Waals surface area contributed by atoms with Gasteiger partial charge in [0.2, 0.25) is 17.7 Å². The number of aliphatic carboxylic acids is 2. The molecule has 3 amide bonds. The number of aliphatic hydroxyl groups is 1. The Morgan fingerprint density at radius 1 is 0.909 bits per heavy atom. The molecule has 13 heteroatoms. The summed E-state index contributed by atoms with van der Waals surface area (Å²) in [4.78, 5) is 59.9. The molecule has 6 atom stereocenters. The summed E-state index contributed by atoms with van der Waals surface area (Å²) in [5, 5.41) is 35.0. The monoisotopic (exact) mass is 492 g/mol. The van der Waals surface area contributed by atoms with E-state index < -0.39 is 66.4 Å². The molecule has 0 saturated carbocycles. The van der Waals surface area contributed by atoms with Crippen molar-refractivity contribution in [1.82, 2.24) is 16.0 Å². The fourth-order valence-corrected chi connectivity index (χ4v) is 3.20. The quantitative estimate of drug-likeness (QED) is 0.138. The summed E-state index contributed by atoms with van der Waals surface area (Å²) >= 11 is 1.44. The van der Waals surface area contributed by atoms with Crippen molar-refractivity contribution < 1.29 is 39.3 Å². The summed E-state index contributed by atoms with van der Waals surface area (Å²) in [6, 6.07) is -4.91. The highest BCUT2D eigenvalue weighted by molar-refractivity contribution is 7.98. The Morgan fingerprint density at radius 2 is 1.48 bits per heavy atom. The topological polar surface area (TPSA) is 208 Å². The van der Waals surface area contributed by atoms with Gasteiger partial charge < -0.3 is 37.0 Å². The minimum atomic E-state index is -1.53. The summed E-state index contributed by atoms with van der Waals surface area (Å²) in [6.07, 6.45) is 0.432. The lowest BCUT2D eigenvalue weighted by atomic mass is 9.99. The van der Waals surface area contributed by atoms with Gasteiger partial charge in [0.1, 0.15) is 18.1 Å². The van der Waals surface area contributed by atoms with E-state index >= 15 is 0 Å². The second kappa shape index (κ2) is 15.5. The van der Waals surface area contributed by atoms with Crippen LogP contribution in [0.5, 0.6) is 0 Å². The zero-order valence-corrected chi connectivity index (χ0v) is 20.2. The number of carboxylic acids is 2. The lowest BCUT2D eigenvalue weighted by Gasteiger charge is -2.27. The molecule has 190 valence electrons. The van der Waals surface area contributed by atoms with Crippen LogP contribution in [0.4, 0.5) is 0 Å². The third-order valence-corrected chi connectivity index (χ3v) is 5.77. The minimum absolute atomic E-state index is 0.121. The molecule has 0 bridgehead atoms. The molecule has 8 N–H and O–H groups in total. The number of aliphatic hydroxyl groups excluding tert-OH is 1. The zero-order valence-electron chi connectivity index (χ0n) is 19.4. The van der Waals surface area contributed by atoms with Crippen LogP contribution in [0, 0.1) is 5.92 Å². The van der Waals surface area contributed by atoms with E-state index in [2.05, 4.69) is 16.0 Å². The average molecular weight is 493 g/mol. The van der Waals surface area contributed by atoms with Crippen LogP contribution in [0.1, 0.15) is 46.5 Å². The first-order chi connectivity index (χ1) is 15.3. The SMILES string of the molecule is CCC(C)C(N)C(=O)NC(CCSC)C(=O)NC(C(=O)NC(CCC(=O)O)C(=O)O)C(C)O. The molecule has 0 aromatic rings. The maximum atomic E-state index is 12.8. The number of hydrogen-bond acceptors (Lipinski definition) is 8. The van der Waals surface area contributed by atoms with Gasteiger partial charge in [0.05, 0.1) is 12.1 Å². The van der Waals surface area contributed by atoms with Crippen molar-refractivity contribution in [2.24, 2.45) is 11.7 Å². The van der Waals surface area contributed by atoms with Crippen LogP contribution in [0.3, 0.4) is 0 Å². The number of amides is 3. The Labute approximate surface area is 197 Å². The molecule has 12 nitrogen and oxygen atoms in total. The number of carbonyl (C=O) groups is 5. The van der Waals surface area contributed by atoms with Crippen molar-refractivity contribution in [2.75, 3.05) is 12.0 Å². The molecule has 6 unspecified atom stereocenters. The maximum absolute atomic E-state index is 12.8. The third kappa shape index (κ3) is 11.3. The van der Waals surface area contributed by atoms with Crippen molar-refractivity contribution in [3.05, 3.63) is 0 Å². The minimum Gasteiger partial charge on any atom is -0.481 e. The molecule has 0 saturated heterocycles. The number of carboxylic acid groups (broad SMARTS) is 2. The van der Waals surface area contributed by atoms with Gasteiger partial charge in [0.15, 0.2) is 0 Å². The Kier molecular flexibility index (Phi) is 14.3. The molecule has 0 rings (SSSR count). The van der Waals surface area contributed by atoms with E-state index in [9.17, 15) is 34.2 Å². The summed E-state index contributed by atoms with van der Waals surface area (Å²) in [6.45, 7) is 4.91. The highest BCUT2D eigenvalue weighted by atomic mass is 32.2. The van der Waals surface area contributed by atoms with Gasteiger partial charge in [-0.1, -0.05) is 20.3 Å². The molecule has 0 heterocycles. The normalized spacial score (nSPS) is 16.4. The van der Waals surface area contributed by atoms with Crippen molar-refractivity contribution in [3.8, 4) is 0 Å². The first-order valence-electron chi connectivity index (χ1n) is 10.6. The average Bonchev–Trinajstić information content (AvgIpc) is 2.75. The second-order valence-corrected chi connectivity index (χ2v) is 8.80. The van der Waals surface area contributed by atoms with Gasteiger partial charge in [0, 0.05) is 6.42 Å². The first kappa shape index (κ1) is 30.6. The van der Waals surface area contributed by atoms with E-state index in [0.29, 0.717) is 12.2 Å². The van der Waals surface area contributed by atoms with Gasteiger partial charge >= 0.3 is 11.9 Å². The van der Waals surface area contributed by atoms with Crippen LogP contribution in [0.25, 0.3) is 0 Å². The van der Waals surface area contributed by atoms with Crippen LogP contribution in [-0.2, 0) is 24.0 Å². The lowest BCUT2D eigenvalue weighted by molar-refractivity contribution is -0.144. The number of nitrogens with two attached hydrogens (primary N) is 1. The van der Waals surface area contributed by atoms with E-state index in [0.717, 1.165) is 0 Å². The Morgan fingerprint density at radius 3 is 1.94 bits per heavy atom. The summed E-state index contributed by atoms with van der Waals surface area (Å²) in [5.41, 5.74) is 5.93. The predicted molar refractivity (Wildman–Crippen MR) is 122 cm³/mol. The van der Waals surface area contributed by atoms with E-state index in [1.807, 2.05) is 13.2 Å². The van der Waals surface area contributed by atoms with Gasteiger partial charge in [-0.15, -0.1) is 0 Å². The van der Waals surface area contributed by atoms with Gasteiger partial charge in [-0.05, 0) is 37.7 Å². The van der Waals surface area contributed by atoms with E-state index in [1.165, 1.54) is 18.7 Å². The molecule has 33 heavy (non-hydrogen) atoms. The zero-order chi connectivity index (χ0) is 25.7. The smallest absolute Gasteiger partial charge is 0.326 e. The summed E-state index contributed by atoms with van der Waals surface area (Å²) in [5.74, 6) is -4.57. The lowest BCUT2D eigenvalue weighted by Crippen LogP contribution is -2.60. The van der Waals surface area contributed by atoms with Gasteiger partial charge in [0.25, 0.3) is 0 Å². The fraction of sp³-hybridized carbons (Fsp3) is 0.750. The van der Waals surface area contributed by atoms with E-state index in [1.54, 1.807) is 6.92 Å². The van der Waals surface area contributed by atoms with Crippen LogP contribution in [0.15, 0.2) is 0 Å². The molecule has 0 aliphatic rings. The predicted octanol–water partition coefficient (Wildman–Crippen LogP) is -1.10. The van der Waals surface area contributed by atoms with Crippen LogP contribution < -0.4 is 21.7 Å². The summed E-state index contributed by atoms with van der Waals surface area (Å²) in [7, 11) is 0. The highest BCUT2D eigenvalue weighted by Crippen LogP contribution is 2.08. The Hall–Kier alpha value is -2.38. The highest BCUT2D eigenvalue weighted by Gasteiger charge is 2.33. The molecular formula is C20H36N4O8S. The van der Waals surface area contributed by atoms with Crippen LogP contribution in [-0.4, -0.2) is 87.3 Å². The molecule has 0 spiro atoms. The molecule has 0 fully saturated rings. The maximum Gasteiger partial charge on any atom is 0.326 e. The second-order valence-electron chi connectivity index (χ2n) is 7.81. The number of nitrogens with one attached hydrogen (secondary N) is 3. The molecule has 0 aliphatic heterocycles. The van der Waals surface area contributed by atoms with Crippen LogP contribution in [0.2, 0.25) is 0 Å². The number of hydrogen-bond donors (Lipinski definition) is 7. The molecule has 0 aromatic heterocycles. The first-order valence-corrected chi connectivity index (χ1v) is 12.0. The molecule has 0 radical (unpaired) electrons. The largest absolute Gasteiger partial charge is 0.481 e. The third-order valence-electron chi connectivity index (χ3n) is 5.13. The number of thioether (sulfide) groups is 1. The van der Waals surface area contributed by atoms with E-state index in [-0.39, 0.29) is 18.8 Å². The Bertz CT molecular complexity index is 691. The van der Waals surface area contributed by atoms with E-state index in [4.69, 9.17) is 10.8 Å². The van der Waals surface area contributed by atoms with Crippen molar-refractivity contribution >= 4 is 41.4 Å². The van der Waals surface area contributed by atoms with Crippen molar-refractivity contribution in [3.63, 3.8) is 0 Å². The number of rotatable bonds is 16. The van der Waals surface area contributed by atoms with Crippen molar-refractivity contribution in [1.29, 1.82) is 0 Å². The standard InChI is InChI=1S/C20H36N4O8S/c1-5-10(2)15(21)18(29)22-12(8-9-33-4)17(28)24-16(11(3)25)19(30)23-13(20(31)32)6-7-14(26)27/h10-13,15-16,25H,5-9,21H2,1-4H3,(H,22,29)(H,23,30)(H,24,28)(H,26,27)(H,31,32). The van der Waals surface area contributed by atoms with Gasteiger partial charge in [-0.25, -0.2) is 4.79 Å².